The van der Waals surface area contributed by atoms with Gasteiger partial charge in [-0.15, -0.1) is 0 Å². The van der Waals surface area contributed by atoms with E-state index in [0.29, 0.717) is 5.92 Å². The quantitative estimate of drug-likeness (QED) is 0.819. The van der Waals surface area contributed by atoms with Gasteiger partial charge in [0.25, 0.3) is 0 Å². The van der Waals surface area contributed by atoms with Gasteiger partial charge >= 0.3 is 0 Å². The zero-order valence-electron chi connectivity index (χ0n) is 11.2. The number of rotatable bonds is 6. The molecule has 3 heteroatoms. The Bertz CT molecular complexity index is 341. The largest absolute Gasteiger partial charge is 0.319 e. The SMILES string of the molecule is CNCC(C)CN(C)C(C)c1ccccc1F. The topological polar surface area (TPSA) is 15.3 Å². The van der Waals surface area contributed by atoms with E-state index in [9.17, 15) is 4.39 Å². The van der Waals surface area contributed by atoms with Crippen molar-refractivity contribution in [2.75, 3.05) is 27.2 Å². The average molecular weight is 238 g/mol. The highest BCUT2D eigenvalue weighted by atomic mass is 19.1. The first-order valence-electron chi connectivity index (χ1n) is 6.15. The standard InChI is InChI=1S/C14H23FN2/c1-11(9-16-3)10-17(4)12(2)13-7-5-6-8-14(13)15/h5-8,11-12,16H,9-10H2,1-4H3. The lowest BCUT2D eigenvalue weighted by Gasteiger charge is -2.28. The third kappa shape index (κ3) is 4.10. The zero-order chi connectivity index (χ0) is 12.8. The first-order chi connectivity index (χ1) is 8.06. The molecular weight excluding hydrogens is 215 g/mol. The Hall–Kier alpha value is -0.930. The second-order valence-corrected chi connectivity index (χ2v) is 4.80. The van der Waals surface area contributed by atoms with Crippen LogP contribution >= 0.6 is 0 Å². The van der Waals surface area contributed by atoms with E-state index in [4.69, 9.17) is 0 Å². The van der Waals surface area contributed by atoms with Crippen molar-refractivity contribution in [1.29, 1.82) is 0 Å². The molecule has 1 aromatic rings. The molecular formula is C14H23FN2. The van der Waals surface area contributed by atoms with Gasteiger partial charge in [0.1, 0.15) is 5.82 Å². The fourth-order valence-electron chi connectivity index (χ4n) is 2.11. The maximum atomic E-state index is 13.6. The van der Waals surface area contributed by atoms with Crippen LogP contribution in [-0.2, 0) is 0 Å². The Balaban J connectivity index is 2.63. The van der Waals surface area contributed by atoms with E-state index in [1.54, 1.807) is 6.07 Å². The highest BCUT2D eigenvalue weighted by molar-refractivity contribution is 5.20. The normalized spacial score (nSPS) is 14.9. The van der Waals surface area contributed by atoms with Crippen molar-refractivity contribution in [2.45, 2.75) is 19.9 Å². The molecule has 0 saturated carbocycles. The lowest BCUT2D eigenvalue weighted by molar-refractivity contribution is 0.221. The summed E-state index contributed by atoms with van der Waals surface area (Å²) < 4.78 is 13.6. The van der Waals surface area contributed by atoms with Crippen molar-refractivity contribution in [3.8, 4) is 0 Å². The van der Waals surface area contributed by atoms with E-state index in [1.807, 2.05) is 33.2 Å². The lowest BCUT2D eigenvalue weighted by Crippen LogP contribution is -2.31. The molecule has 2 nitrogen and oxygen atoms in total. The predicted octanol–water partition coefficient (Wildman–Crippen LogP) is 2.67. The van der Waals surface area contributed by atoms with Gasteiger partial charge < -0.3 is 5.32 Å². The molecule has 0 fully saturated rings. The number of nitrogens with zero attached hydrogens (tertiary/aromatic N) is 1. The minimum atomic E-state index is -0.117. The second-order valence-electron chi connectivity index (χ2n) is 4.80. The van der Waals surface area contributed by atoms with Crippen LogP contribution in [0.15, 0.2) is 24.3 Å². The summed E-state index contributed by atoms with van der Waals surface area (Å²) in [5, 5.41) is 3.16. The summed E-state index contributed by atoms with van der Waals surface area (Å²) in [5.41, 5.74) is 0.770. The van der Waals surface area contributed by atoms with Gasteiger partial charge in [-0.1, -0.05) is 25.1 Å². The molecule has 0 radical (unpaired) electrons. The number of nitrogens with one attached hydrogen (secondary N) is 1. The van der Waals surface area contributed by atoms with Crippen LogP contribution in [0.5, 0.6) is 0 Å². The number of benzene rings is 1. The van der Waals surface area contributed by atoms with E-state index in [-0.39, 0.29) is 11.9 Å². The molecule has 0 aliphatic rings. The monoisotopic (exact) mass is 238 g/mol. The Morgan fingerprint density at radius 3 is 2.53 bits per heavy atom. The van der Waals surface area contributed by atoms with Crippen molar-refractivity contribution >= 4 is 0 Å². The lowest BCUT2D eigenvalue weighted by atomic mass is 10.0. The predicted molar refractivity (Wildman–Crippen MR) is 70.5 cm³/mol. The first kappa shape index (κ1) is 14.1. The third-order valence-corrected chi connectivity index (χ3v) is 3.17. The van der Waals surface area contributed by atoms with Crippen LogP contribution in [0, 0.1) is 11.7 Å². The van der Waals surface area contributed by atoms with Gasteiger partial charge in [0, 0.05) is 18.2 Å². The van der Waals surface area contributed by atoms with Gasteiger partial charge in [-0.05, 0) is 39.5 Å². The Morgan fingerprint density at radius 2 is 1.94 bits per heavy atom. The van der Waals surface area contributed by atoms with E-state index >= 15 is 0 Å². The fraction of sp³-hybridized carbons (Fsp3) is 0.571. The van der Waals surface area contributed by atoms with Crippen molar-refractivity contribution in [3.63, 3.8) is 0 Å². The number of halogens is 1. The van der Waals surface area contributed by atoms with Gasteiger partial charge in [0.2, 0.25) is 0 Å². The molecule has 0 saturated heterocycles. The maximum absolute atomic E-state index is 13.6. The summed E-state index contributed by atoms with van der Waals surface area (Å²) in [5.74, 6) is 0.437. The van der Waals surface area contributed by atoms with E-state index in [1.165, 1.54) is 6.07 Å². The highest BCUT2D eigenvalue weighted by Gasteiger charge is 2.16. The molecule has 0 spiro atoms. The molecule has 96 valence electrons. The molecule has 2 atom stereocenters. The third-order valence-electron chi connectivity index (χ3n) is 3.17. The number of hydrogen-bond acceptors (Lipinski definition) is 2. The summed E-state index contributed by atoms with van der Waals surface area (Å²) in [6, 6.07) is 7.11. The van der Waals surface area contributed by atoms with Crippen LogP contribution in [0.1, 0.15) is 25.5 Å². The summed E-state index contributed by atoms with van der Waals surface area (Å²) in [4.78, 5) is 2.19. The summed E-state index contributed by atoms with van der Waals surface area (Å²) in [6.45, 7) is 6.18. The van der Waals surface area contributed by atoms with Crippen molar-refractivity contribution in [1.82, 2.24) is 10.2 Å². The van der Waals surface area contributed by atoms with Gasteiger partial charge in [0.15, 0.2) is 0 Å². The van der Waals surface area contributed by atoms with Crippen LogP contribution < -0.4 is 5.32 Å². The highest BCUT2D eigenvalue weighted by Crippen LogP contribution is 2.22. The molecule has 0 heterocycles. The van der Waals surface area contributed by atoms with Gasteiger partial charge in [0.05, 0.1) is 0 Å². The maximum Gasteiger partial charge on any atom is 0.127 e. The van der Waals surface area contributed by atoms with Crippen LogP contribution in [-0.4, -0.2) is 32.1 Å². The molecule has 1 N–H and O–H groups in total. The van der Waals surface area contributed by atoms with Gasteiger partial charge in [-0.3, -0.25) is 4.90 Å². The summed E-state index contributed by atoms with van der Waals surface area (Å²) in [6.07, 6.45) is 0. The Kier molecular flexibility index (Phi) is 5.59. The average Bonchev–Trinajstić information content (AvgIpc) is 2.29. The summed E-state index contributed by atoms with van der Waals surface area (Å²) >= 11 is 0. The number of hydrogen-bond donors (Lipinski definition) is 1. The summed E-state index contributed by atoms with van der Waals surface area (Å²) in [7, 11) is 4.00. The smallest absolute Gasteiger partial charge is 0.127 e. The van der Waals surface area contributed by atoms with Crippen LogP contribution in [0.25, 0.3) is 0 Å². The van der Waals surface area contributed by atoms with Crippen LogP contribution in [0.2, 0.25) is 0 Å². The molecule has 17 heavy (non-hydrogen) atoms. The van der Waals surface area contributed by atoms with E-state index in [2.05, 4.69) is 17.1 Å². The second kappa shape index (κ2) is 6.72. The fourth-order valence-corrected chi connectivity index (χ4v) is 2.11. The minimum Gasteiger partial charge on any atom is -0.319 e. The van der Waals surface area contributed by atoms with Gasteiger partial charge in [-0.2, -0.15) is 0 Å². The van der Waals surface area contributed by atoms with Gasteiger partial charge in [-0.25, -0.2) is 4.39 Å². The first-order valence-corrected chi connectivity index (χ1v) is 6.15. The van der Waals surface area contributed by atoms with E-state index < -0.39 is 0 Å². The molecule has 1 rings (SSSR count). The van der Waals surface area contributed by atoms with Crippen molar-refractivity contribution in [3.05, 3.63) is 35.6 Å². The zero-order valence-corrected chi connectivity index (χ0v) is 11.2. The van der Waals surface area contributed by atoms with Crippen molar-refractivity contribution in [2.24, 2.45) is 5.92 Å². The molecule has 0 amide bonds. The molecule has 0 bridgehead atoms. The molecule has 0 aliphatic heterocycles. The molecule has 0 aromatic heterocycles. The Morgan fingerprint density at radius 1 is 1.29 bits per heavy atom. The van der Waals surface area contributed by atoms with Crippen molar-refractivity contribution < 1.29 is 4.39 Å². The van der Waals surface area contributed by atoms with Crippen LogP contribution in [0.4, 0.5) is 4.39 Å². The van der Waals surface area contributed by atoms with E-state index in [0.717, 1.165) is 18.7 Å². The minimum absolute atomic E-state index is 0.107. The molecule has 0 aliphatic carbocycles. The van der Waals surface area contributed by atoms with Crippen LogP contribution in [0.3, 0.4) is 0 Å². The Labute approximate surface area is 104 Å². The molecule has 2 unspecified atom stereocenters. The molecule has 1 aromatic carbocycles.